The van der Waals surface area contributed by atoms with Crippen molar-refractivity contribution >= 4 is 15.9 Å². The van der Waals surface area contributed by atoms with Gasteiger partial charge in [-0.3, -0.25) is 4.79 Å². The Morgan fingerprint density at radius 2 is 1.97 bits per heavy atom. The van der Waals surface area contributed by atoms with Crippen LogP contribution in [0.25, 0.3) is 0 Å². The topological polar surface area (TPSA) is 93.0 Å². The zero-order valence-corrected chi connectivity index (χ0v) is 16.8. The van der Waals surface area contributed by atoms with Crippen LogP contribution in [0.1, 0.15) is 28.2 Å². The molecule has 1 aromatic heterocycles. The zero-order chi connectivity index (χ0) is 21.2. The Bertz CT molecular complexity index is 974. The average molecular weight is 429 g/mol. The van der Waals surface area contributed by atoms with Crippen LogP contribution in [0, 0.1) is 13.8 Å². The number of rotatable bonds is 5. The van der Waals surface area contributed by atoms with E-state index >= 15 is 0 Å². The van der Waals surface area contributed by atoms with Crippen molar-refractivity contribution in [3.05, 3.63) is 41.3 Å². The van der Waals surface area contributed by atoms with Gasteiger partial charge in [-0.1, -0.05) is 11.2 Å². The Morgan fingerprint density at radius 3 is 2.62 bits per heavy atom. The highest BCUT2D eigenvalue weighted by molar-refractivity contribution is 7.89. The first-order valence-corrected chi connectivity index (χ1v) is 10.4. The van der Waals surface area contributed by atoms with Crippen molar-refractivity contribution < 1.29 is 31.3 Å². The summed E-state index contributed by atoms with van der Waals surface area (Å²) in [5.41, 5.74) is 0.487. The molecule has 0 atom stereocenters. The highest BCUT2D eigenvalue weighted by Gasteiger charge is 2.33. The normalized spacial score (nSPS) is 16.1. The van der Waals surface area contributed by atoms with E-state index in [1.54, 1.807) is 6.92 Å². The maximum absolute atomic E-state index is 13.0. The molecule has 29 heavy (non-hydrogen) atoms. The molecule has 0 saturated carbocycles. The third-order valence-corrected chi connectivity index (χ3v) is 6.76. The van der Waals surface area contributed by atoms with Crippen molar-refractivity contribution in [2.24, 2.45) is 0 Å². The van der Waals surface area contributed by atoms with Crippen molar-refractivity contribution in [2.45, 2.75) is 31.8 Å². The van der Waals surface area contributed by atoms with E-state index in [1.165, 1.54) is 40.4 Å². The minimum Gasteiger partial charge on any atom is -0.435 e. The molecule has 0 radical (unpaired) electrons. The molecule has 8 nitrogen and oxygen atoms in total. The largest absolute Gasteiger partial charge is 0.435 e. The molecule has 1 aliphatic rings. The number of hydrogen-bond donors (Lipinski definition) is 0. The summed E-state index contributed by atoms with van der Waals surface area (Å²) in [6, 6.07) is 5.54. The van der Waals surface area contributed by atoms with E-state index in [0.29, 0.717) is 13.0 Å². The predicted octanol–water partition coefficient (Wildman–Crippen LogP) is 2.43. The first kappa shape index (κ1) is 21.2. The van der Waals surface area contributed by atoms with Gasteiger partial charge in [0.2, 0.25) is 10.0 Å². The minimum absolute atomic E-state index is 0.0501. The van der Waals surface area contributed by atoms with Gasteiger partial charge in [-0.15, -0.1) is 0 Å². The molecule has 1 aromatic carbocycles. The van der Waals surface area contributed by atoms with Crippen LogP contribution < -0.4 is 4.74 Å². The van der Waals surface area contributed by atoms with E-state index in [9.17, 15) is 22.0 Å². The molecule has 0 bridgehead atoms. The third-order valence-electron chi connectivity index (χ3n) is 4.61. The number of sulfonamides is 1. The summed E-state index contributed by atoms with van der Waals surface area (Å²) >= 11 is 0. The Balaban J connectivity index is 1.74. The molecule has 0 N–H and O–H groups in total. The van der Waals surface area contributed by atoms with Gasteiger partial charge >= 0.3 is 6.61 Å². The predicted molar refractivity (Wildman–Crippen MR) is 98.3 cm³/mol. The number of ether oxygens (including phenoxy) is 1. The number of aromatic nitrogens is 1. The van der Waals surface area contributed by atoms with Gasteiger partial charge in [-0.2, -0.15) is 13.1 Å². The van der Waals surface area contributed by atoms with Crippen molar-refractivity contribution in [2.75, 3.05) is 26.2 Å². The van der Waals surface area contributed by atoms with Gasteiger partial charge in [-0.25, -0.2) is 8.42 Å². The smallest absolute Gasteiger partial charge is 0.387 e. The number of carbonyl (C=O) groups is 1. The first-order valence-electron chi connectivity index (χ1n) is 8.97. The molecule has 0 unspecified atom stereocenters. The summed E-state index contributed by atoms with van der Waals surface area (Å²) in [6.45, 7) is 0.964. The average Bonchev–Trinajstić information content (AvgIpc) is 2.86. The van der Waals surface area contributed by atoms with Gasteiger partial charge in [0, 0.05) is 31.7 Å². The highest BCUT2D eigenvalue weighted by atomic mass is 32.2. The SMILES string of the molecule is Cc1noc(C)c1S(=O)(=O)N1CCCN(C(=O)c2cccc(OC(F)F)c2)CC1. The molecule has 0 aliphatic carbocycles. The second kappa shape index (κ2) is 8.46. The molecule has 11 heteroatoms. The van der Waals surface area contributed by atoms with Crippen LogP contribution in [-0.2, 0) is 10.0 Å². The van der Waals surface area contributed by atoms with Crippen molar-refractivity contribution in [3.8, 4) is 5.75 Å². The number of hydrogen-bond acceptors (Lipinski definition) is 6. The van der Waals surface area contributed by atoms with Crippen molar-refractivity contribution in [1.82, 2.24) is 14.4 Å². The van der Waals surface area contributed by atoms with Crippen LogP contribution in [0.3, 0.4) is 0 Å². The number of benzene rings is 1. The van der Waals surface area contributed by atoms with Gasteiger partial charge in [0.25, 0.3) is 5.91 Å². The summed E-state index contributed by atoms with van der Waals surface area (Å²) in [5.74, 6) is -0.264. The van der Waals surface area contributed by atoms with Gasteiger partial charge in [0.1, 0.15) is 16.3 Å². The summed E-state index contributed by atoms with van der Waals surface area (Å²) in [5, 5.41) is 3.70. The molecule has 2 heterocycles. The second-order valence-electron chi connectivity index (χ2n) is 6.61. The minimum atomic E-state index is -3.80. The quantitative estimate of drug-likeness (QED) is 0.725. The Hall–Kier alpha value is -2.53. The fraction of sp³-hybridized carbons (Fsp3) is 0.444. The van der Waals surface area contributed by atoms with Gasteiger partial charge in [-0.05, 0) is 38.5 Å². The summed E-state index contributed by atoms with van der Waals surface area (Å²) < 4.78 is 61.4. The fourth-order valence-corrected chi connectivity index (χ4v) is 5.06. The van der Waals surface area contributed by atoms with Crippen LogP contribution >= 0.6 is 0 Å². The van der Waals surface area contributed by atoms with Crippen molar-refractivity contribution in [3.63, 3.8) is 0 Å². The molecule has 158 valence electrons. The van der Waals surface area contributed by atoms with E-state index in [-0.39, 0.29) is 53.2 Å². The maximum atomic E-state index is 13.0. The Morgan fingerprint density at radius 1 is 1.21 bits per heavy atom. The van der Waals surface area contributed by atoms with Gasteiger partial charge < -0.3 is 14.2 Å². The molecule has 3 rings (SSSR count). The zero-order valence-electron chi connectivity index (χ0n) is 16.0. The molecular formula is C18H21F2N3O5S. The number of amides is 1. The van der Waals surface area contributed by atoms with Crippen molar-refractivity contribution in [1.29, 1.82) is 0 Å². The van der Waals surface area contributed by atoms with Crippen LogP contribution in [0.2, 0.25) is 0 Å². The maximum Gasteiger partial charge on any atom is 0.387 e. The molecule has 2 aromatic rings. The fourth-order valence-electron chi connectivity index (χ4n) is 3.30. The highest BCUT2D eigenvalue weighted by Crippen LogP contribution is 2.25. The molecule has 1 saturated heterocycles. The van der Waals surface area contributed by atoms with Gasteiger partial charge in [0.05, 0.1) is 0 Å². The number of halogens is 2. The molecule has 0 spiro atoms. The Kier molecular flexibility index (Phi) is 6.18. The van der Waals surface area contributed by atoms with E-state index in [4.69, 9.17) is 4.52 Å². The lowest BCUT2D eigenvalue weighted by Gasteiger charge is -2.22. The summed E-state index contributed by atoms with van der Waals surface area (Å²) in [7, 11) is -3.80. The second-order valence-corrected chi connectivity index (χ2v) is 8.48. The van der Waals surface area contributed by atoms with E-state index in [2.05, 4.69) is 9.89 Å². The summed E-state index contributed by atoms with van der Waals surface area (Å²) in [4.78, 5) is 14.3. The third kappa shape index (κ3) is 4.56. The monoisotopic (exact) mass is 429 g/mol. The van der Waals surface area contributed by atoms with Crippen LogP contribution in [0.15, 0.2) is 33.7 Å². The Labute approximate surface area is 167 Å². The molecular weight excluding hydrogens is 408 g/mol. The van der Waals surface area contributed by atoms with E-state index in [0.717, 1.165) is 0 Å². The summed E-state index contributed by atoms with van der Waals surface area (Å²) in [6.07, 6.45) is 0.432. The number of nitrogens with zero attached hydrogens (tertiary/aromatic N) is 3. The lowest BCUT2D eigenvalue weighted by Crippen LogP contribution is -2.37. The van der Waals surface area contributed by atoms with Crippen LogP contribution in [0.4, 0.5) is 8.78 Å². The molecule has 1 fully saturated rings. The molecule has 1 aliphatic heterocycles. The number of aryl methyl sites for hydroxylation is 2. The van der Waals surface area contributed by atoms with Crippen LogP contribution in [-0.4, -0.2) is 61.5 Å². The standard InChI is InChI=1S/C18H21F2N3O5S/c1-12-16(13(2)28-21-12)29(25,26)23-8-4-7-22(9-10-23)17(24)14-5-3-6-15(11-14)27-18(19)20/h3,5-6,11,18H,4,7-10H2,1-2H3. The number of alkyl halides is 2. The van der Waals surface area contributed by atoms with E-state index < -0.39 is 16.6 Å². The lowest BCUT2D eigenvalue weighted by atomic mass is 10.2. The first-order chi connectivity index (χ1) is 13.7. The van der Waals surface area contributed by atoms with E-state index in [1.807, 2.05) is 0 Å². The lowest BCUT2D eigenvalue weighted by molar-refractivity contribution is -0.0499. The van der Waals surface area contributed by atoms with Gasteiger partial charge in [0.15, 0.2) is 5.76 Å². The molecule has 1 amide bonds. The number of carbonyl (C=O) groups excluding carboxylic acids is 1. The van der Waals surface area contributed by atoms with Crippen LogP contribution in [0.5, 0.6) is 5.75 Å².